The lowest BCUT2D eigenvalue weighted by Gasteiger charge is -2.34. The van der Waals surface area contributed by atoms with Crippen molar-refractivity contribution in [2.24, 2.45) is 5.92 Å². The molecule has 2 unspecified atom stereocenters. The summed E-state index contributed by atoms with van der Waals surface area (Å²) in [5, 5.41) is 10.6. The van der Waals surface area contributed by atoms with Crippen molar-refractivity contribution in [2.75, 3.05) is 48.1 Å². The average molecular weight is 472 g/mol. The number of methoxy groups -OCH3 is 4. The monoisotopic (exact) mass is 471 g/mol. The lowest BCUT2D eigenvalue weighted by molar-refractivity contribution is 0.0619. The van der Waals surface area contributed by atoms with Gasteiger partial charge in [0.15, 0.2) is 17.3 Å². The molecule has 4 rings (SSSR count). The summed E-state index contributed by atoms with van der Waals surface area (Å²) >= 11 is 0. The summed E-state index contributed by atoms with van der Waals surface area (Å²) in [6, 6.07) is 6.72. The number of rotatable bonds is 9. The maximum atomic E-state index is 13.7. The molecule has 0 spiro atoms. The van der Waals surface area contributed by atoms with Gasteiger partial charge in [0.05, 0.1) is 34.4 Å². The summed E-state index contributed by atoms with van der Waals surface area (Å²) in [5.74, 6) is 1.43. The number of carbonyl (C=O) groups is 1. The number of ether oxygens (including phenoxy) is 5. The molecular formula is C26H33NO7. The molecule has 2 aliphatic heterocycles. The van der Waals surface area contributed by atoms with E-state index >= 15 is 0 Å². The van der Waals surface area contributed by atoms with Crippen LogP contribution in [0.25, 0.3) is 0 Å². The second-order valence-corrected chi connectivity index (χ2v) is 8.68. The Balaban J connectivity index is 1.72. The predicted molar refractivity (Wildman–Crippen MR) is 127 cm³/mol. The van der Waals surface area contributed by atoms with Crippen molar-refractivity contribution in [1.82, 2.24) is 4.90 Å². The van der Waals surface area contributed by atoms with Gasteiger partial charge in [-0.15, -0.1) is 0 Å². The van der Waals surface area contributed by atoms with E-state index in [0.29, 0.717) is 35.2 Å². The van der Waals surface area contributed by atoms with Crippen molar-refractivity contribution in [3.05, 3.63) is 35.4 Å². The van der Waals surface area contributed by atoms with Crippen molar-refractivity contribution in [3.63, 3.8) is 0 Å². The minimum Gasteiger partial charge on any atom is -0.507 e. The zero-order valence-electron chi connectivity index (χ0n) is 20.3. The van der Waals surface area contributed by atoms with Gasteiger partial charge in [-0.05, 0) is 57.5 Å². The van der Waals surface area contributed by atoms with Crippen molar-refractivity contribution in [3.8, 4) is 34.5 Å². The SMILES string of the molecule is COc1cc(O)c2c(c1)OC(c1cc(OC)c(OC)c(OC)c1)C(CCCN1CCCC1)C2=O. The third kappa shape index (κ3) is 4.59. The number of carbonyl (C=O) groups excluding carboxylic acids is 1. The third-order valence-electron chi connectivity index (χ3n) is 6.70. The molecule has 1 saturated heterocycles. The van der Waals surface area contributed by atoms with Gasteiger partial charge in [-0.3, -0.25) is 4.79 Å². The van der Waals surface area contributed by atoms with Gasteiger partial charge in [0.2, 0.25) is 5.75 Å². The molecule has 8 nitrogen and oxygen atoms in total. The third-order valence-corrected chi connectivity index (χ3v) is 6.70. The Morgan fingerprint density at radius 1 is 0.971 bits per heavy atom. The summed E-state index contributed by atoms with van der Waals surface area (Å²) < 4.78 is 28.2. The van der Waals surface area contributed by atoms with Crippen LogP contribution in [0, 0.1) is 5.92 Å². The first-order valence-electron chi connectivity index (χ1n) is 11.6. The van der Waals surface area contributed by atoms with Crippen molar-refractivity contribution in [2.45, 2.75) is 31.8 Å². The molecule has 0 amide bonds. The van der Waals surface area contributed by atoms with E-state index in [0.717, 1.165) is 31.6 Å². The van der Waals surface area contributed by atoms with Gasteiger partial charge in [-0.25, -0.2) is 0 Å². The molecule has 0 bridgehead atoms. The van der Waals surface area contributed by atoms with Crippen LogP contribution in [0.5, 0.6) is 34.5 Å². The van der Waals surface area contributed by atoms with Crippen molar-refractivity contribution < 1.29 is 33.6 Å². The number of nitrogens with zero attached hydrogens (tertiary/aromatic N) is 1. The Morgan fingerprint density at radius 3 is 2.24 bits per heavy atom. The smallest absolute Gasteiger partial charge is 0.203 e. The number of Topliss-reactive ketones (excluding diaryl/α,β-unsaturated/α-hetero) is 1. The lowest BCUT2D eigenvalue weighted by Crippen LogP contribution is -2.33. The highest BCUT2D eigenvalue weighted by Gasteiger charge is 2.40. The number of hydrogen-bond acceptors (Lipinski definition) is 8. The van der Waals surface area contributed by atoms with Gasteiger partial charge in [0.1, 0.15) is 28.9 Å². The van der Waals surface area contributed by atoms with Crippen LogP contribution in [-0.2, 0) is 0 Å². The molecular weight excluding hydrogens is 438 g/mol. The number of ketones is 1. The van der Waals surface area contributed by atoms with Gasteiger partial charge in [-0.1, -0.05) is 0 Å². The molecule has 184 valence electrons. The molecule has 2 atom stereocenters. The highest BCUT2D eigenvalue weighted by molar-refractivity contribution is 6.04. The molecule has 0 saturated carbocycles. The van der Waals surface area contributed by atoms with E-state index in [4.69, 9.17) is 23.7 Å². The molecule has 2 aromatic rings. The number of benzene rings is 2. The standard InChI is InChI=1S/C26H33NO7/c1-30-17-14-19(28)23-20(15-17)34-25(16-12-21(31-2)26(33-4)22(13-16)32-3)18(24(23)29)8-7-11-27-9-5-6-10-27/h12-15,18,25,28H,5-11H2,1-4H3. The molecule has 2 aromatic carbocycles. The summed E-state index contributed by atoms with van der Waals surface area (Å²) in [6.45, 7) is 3.15. The molecule has 2 aliphatic rings. The Bertz CT molecular complexity index is 1010. The molecule has 1 N–H and O–H groups in total. The molecule has 0 aromatic heterocycles. The maximum absolute atomic E-state index is 13.7. The van der Waals surface area contributed by atoms with E-state index in [-0.39, 0.29) is 17.1 Å². The zero-order chi connectivity index (χ0) is 24.2. The first-order chi connectivity index (χ1) is 16.5. The van der Waals surface area contributed by atoms with Crippen molar-refractivity contribution >= 4 is 5.78 Å². The molecule has 34 heavy (non-hydrogen) atoms. The van der Waals surface area contributed by atoms with Crippen LogP contribution < -0.4 is 23.7 Å². The minimum absolute atomic E-state index is 0.132. The van der Waals surface area contributed by atoms with Crippen molar-refractivity contribution in [1.29, 1.82) is 0 Å². The van der Waals surface area contributed by atoms with Gasteiger partial charge in [0.25, 0.3) is 0 Å². The minimum atomic E-state index is -0.584. The summed E-state index contributed by atoms with van der Waals surface area (Å²) in [7, 11) is 6.16. The fraction of sp³-hybridized carbons (Fsp3) is 0.500. The first-order valence-corrected chi connectivity index (χ1v) is 11.6. The lowest BCUT2D eigenvalue weighted by atomic mass is 9.82. The van der Waals surface area contributed by atoms with E-state index in [1.54, 1.807) is 27.4 Å². The first kappa shape index (κ1) is 24.0. The molecule has 2 heterocycles. The number of fused-ring (bicyclic) bond motifs is 1. The number of aromatic hydroxyl groups is 1. The van der Waals surface area contributed by atoms with Gasteiger partial charge in [0, 0.05) is 17.7 Å². The number of hydrogen-bond donors (Lipinski definition) is 1. The van der Waals surface area contributed by atoms with Crippen LogP contribution in [0.2, 0.25) is 0 Å². The van der Waals surface area contributed by atoms with Crippen LogP contribution in [0.3, 0.4) is 0 Å². The molecule has 8 heteroatoms. The highest BCUT2D eigenvalue weighted by atomic mass is 16.5. The summed E-state index contributed by atoms with van der Waals surface area (Å²) in [4.78, 5) is 16.1. The molecule has 0 radical (unpaired) electrons. The van der Waals surface area contributed by atoms with E-state index in [9.17, 15) is 9.90 Å². The van der Waals surface area contributed by atoms with Crippen LogP contribution >= 0.6 is 0 Å². The van der Waals surface area contributed by atoms with Crippen LogP contribution in [0.1, 0.15) is 47.7 Å². The Hall–Kier alpha value is -3.13. The van der Waals surface area contributed by atoms with E-state index in [1.165, 1.54) is 26.0 Å². The molecule has 0 aliphatic carbocycles. The number of phenolic OH excluding ortho intramolecular Hbond substituents is 1. The Kier molecular flexibility index (Phi) is 7.36. The quantitative estimate of drug-likeness (QED) is 0.581. The topological polar surface area (TPSA) is 86.7 Å². The van der Waals surface area contributed by atoms with Crippen LogP contribution in [0.4, 0.5) is 0 Å². The van der Waals surface area contributed by atoms with Gasteiger partial charge in [-0.2, -0.15) is 0 Å². The second-order valence-electron chi connectivity index (χ2n) is 8.68. The van der Waals surface area contributed by atoms with E-state index in [2.05, 4.69) is 4.90 Å². The Morgan fingerprint density at radius 2 is 1.65 bits per heavy atom. The van der Waals surface area contributed by atoms with Crippen LogP contribution in [0.15, 0.2) is 24.3 Å². The van der Waals surface area contributed by atoms with Gasteiger partial charge >= 0.3 is 0 Å². The fourth-order valence-corrected chi connectivity index (χ4v) is 4.97. The average Bonchev–Trinajstić information content (AvgIpc) is 3.37. The van der Waals surface area contributed by atoms with E-state index < -0.39 is 12.0 Å². The Labute approximate surface area is 200 Å². The molecule has 1 fully saturated rings. The summed E-state index contributed by atoms with van der Waals surface area (Å²) in [5.41, 5.74) is 0.942. The summed E-state index contributed by atoms with van der Waals surface area (Å²) in [6.07, 6.45) is 3.35. The zero-order valence-corrected chi connectivity index (χ0v) is 20.3. The predicted octanol–water partition coefficient (Wildman–Crippen LogP) is 4.24. The van der Waals surface area contributed by atoms with Gasteiger partial charge < -0.3 is 33.7 Å². The van der Waals surface area contributed by atoms with E-state index in [1.807, 2.05) is 12.1 Å². The number of likely N-dealkylation sites (tertiary alicyclic amines) is 1. The number of phenols is 1. The van der Waals surface area contributed by atoms with Crippen LogP contribution in [-0.4, -0.2) is 63.9 Å². The normalized spacial score (nSPS) is 19.9. The maximum Gasteiger partial charge on any atom is 0.203 e. The fourth-order valence-electron chi connectivity index (χ4n) is 4.97. The second kappa shape index (κ2) is 10.4. The highest BCUT2D eigenvalue weighted by Crippen LogP contribution is 2.48. The largest absolute Gasteiger partial charge is 0.507 e.